The summed E-state index contributed by atoms with van der Waals surface area (Å²) in [5.41, 5.74) is 1.62. The molecule has 1 N–H and O–H groups in total. The predicted molar refractivity (Wildman–Crippen MR) is 112 cm³/mol. The largest absolute Gasteiger partial charge is 0.497 e. The number of amides is 1. The lowest BCUT2D eigenvalue weighted by molar-refractivity contribution is -0.130. The van der Waals surface area contributed by atoms with Gasteiger partial charge in [-0.25, -0.2) is 4.79 Å². The highest BCUT2D eigenvalue weighted by atomic mass is 16.5. The van der Waals surface area contributed by atoms with Crippen molar-refractivity contribution in [2.75, 3.05) is 46.4 Å². The Morgan fingerprint density at radius 3 is 2.83 bits per heavy atom. The molecule has 1 amide bonds. The zero-order chi connectivity index (χ0) is 20.4. The van der Waals surface area contributed by atoms with Crippen LogP contribution < -0.4 is 15.7 Å². The van der Waals surface area contributed by atoms with Crippen molar-refractivity contribution in [2.24, 2.45) is 0 Å². The van der Waals surface area contributed by atoms with Crippen molar-refractivity contribution in [3.8, 4) is 5.75 Å². The number of nitrogens with one attached hydrogen (secondary N) is 1. The van der Waals surface area contributed by atoms with E-state index in [2.05, 4.69) is 10.2 Å². The van der Waals surface area contributed by atoms with Crippen LogP contribution in [0, 0.1) is 6.92 Å². The number of ether oxygens (including phenoxy) is 1. The quantitative estimate of drug-likeness (QED) is 0.769. The van der Waals surface area contributed by atoms with Crippen molar-refractivity contribution in [1.82, 2.24) is 15.1 Å². The molecule has 29 heavy (non-hydrogen) atoms. The number of carbonyl (C=O) groups is 1. The maximum Gasteiger partial charge on any atom is 0.339 e. The topological polar surface area (TPSA) is 75.0 Å². The SMILES string of the molecule is COc1ccc2c(C)c(CCC(=O)N3CCC(N4CCNCC4)C3)c(=O)oc2c1. The number of fused-ring (bicyclic) bond motifs is 1. The van der Waals surface area contributed by atoms with Gasteiger partial charge in [-0.1, -0.05) is 0 Å². The minimum absolute atomic E-state index is 0.122. The number of hydrogen-bond donors (Lipinski definition) is 1. The third-order valence-electron chi connectivity index (χ3n) is 6.27. The van der Waals surface area contributed by atoms with Crippen molar-refractivity contribution in [2.45, 2.75) is 32.2 Å². The zero-order valence-electron chi connectivity index (χ0n) is 17.2. The average molecular weight is 399 g/mol. The number of hydrogen-bond acceptors (Lipinski definition) is 6. The molecule has 3 heterocycles. The van der Waals surface area contributed by atoms with Gasteiger partial charge in [0.05, 0.1) is 7.11 Å². The fraction of sp³-hybridized carbons (Fsp3) is 0.545. The van der Waals surface area contributed by atoms with Crippen molar-refractivity contribution in [3.05, 3.63) is 39.7 Å². The predicted octanol–water partition coefficient (Wildman–Crippen LogP) is 1.55. The van der Waals surface area contributed by atoms with E-state index in [-0.39, 0.29) is 11.5 Å². The maximum atomic E-state index is 12.8. The Hall–Kier alpha value is -2.38. The van der Waals surface area contributed by atoms with Crippen LogP contribution in [0.4, 0.5) is 0 Å². The highest BCUT2D eigenvalue weighted by Gasteiger charge is 2.30. The van der Waals surface area contributed by atoms with Crippen LogP contribution in [0.2, 0.25) is 0 Å². The molecular formula is C22H29N3O4. The van der Waals surface area contributed by atoms with Gasteiger partial charge in [0.15, 0.2) is 0 Å². The zero-order valence-corrected chi connectivity index (χ0v) is 17.2. The van der Waals surface area contributed by atoms with Crippen LogP contribution >= 0.6 is 0 Å². The summed E-state index contributed by atoms with van der Waals surface area (Å²) in [5.74, 6) is 0.771. The molecule has 2 saturated heterocycles. The van der Waals surface area contributed by atoms with Crippen LogP contribution in [-0.4, -0.2) is 68.1 Å². The minimum atomic E-state index is -0.365. The van der Waals surface area contributed by atoms with Crippen LogP contribution in [0.3, 0.4) is 0 Å². The number of methoxy groups -OCH3 is 1. The summed E-state index contributed by atoms with van der Waals surface area (Å²) in [4.78, 5) is 29.7. The van der Waals surface area contributed by atoms with E-state index in [9.17, 15) is 9.59 Å². The van der Waals surface area contributed by atoms with E-state index in [1.807, 2.05) is 24.0 Å². The van der Waals surface area contributed by atoms with Crippen molar-refractivity contribution in [1.29, 1.82) is 0 Å². The normalized spacial score (nSPS) is 20.3. The molecule has 1 unspecified atom stereocenters. The second-order valence-electron chi connectivity index (χ2n) is 7.92. The van der Waals surface area contributed by atoms with Gasteiger partial charge in [-0.05, 0) is 37.5 Å². The summed E-state index contributed by atoms with van der Waals surface area (Å²) in [7, 11) is 1.58. The third-order valence-corrected chi connectivity index (χ3v) is 6.27. The van der Waals surface area contributed by atoms with Crippen LogP contribution in [0.15, 0.2) is 27.4 Å². The van der Waals surface area contributed by atoms with Gasteiger partial charge in [0.1, 0.15) is 11.3 Å². The average Bonchev–Trinajstić information content (AvgIpc) is 3.24. The fourth-order valence-electron chi connectivity index (χ4n) is 4.49. The maximum absolute atomic E-state index is 12.8. The first-order valence-electron chi connectivity index (χ1n) is 10.4. The first kappa shape index (κ1) is 19.9. The van der Waals surface area contributed by atoms with Crippen LogP contribution in [0.5, 0.6) is 5.75 Å². The molecule has 7 heteroatoms. The summed E-state index contributed by atoms with van der Waals surface area (Å²) in [6.07, 6.45) is 1.77. The summed E-state index contributed by atoms with van der Waals surface area (Å²) < 4.78 is 10.7. The monoisotopic (exact) mass is 399 g/mol. The highest BCUT2D eigenvalue weighted by Crippen LogP contribution is 2.25. The van der Waals surface area contributed by atoms with Gasteiger partial charge in [-0.3, -0.25) is 9.69 Å². The minimum Gasteiger partial charge on any atom is -0.497 e. The molecular weight excluding hydrogens is 370 g/mol. The Labute approximate surface area is 170 Å². The lowest BCUT2D eigenvalue weighted by atomic mass is 10.0. The second-order valence-corrected chi connectivity index (χ2v) is 7.92. The molecule has 7 nitrogen and oxygen atoms in total. The number of carbonyl (C=O) groups excluding carboxylic acids is 1. The molecule has 2 aliphatic heterocycles. The summed E-state index contributed by atoms with van der Waals surface area (Å²) in [6, 6.07) is 5.93. The Morgan fingerprint density at radius 2 is 2.07 bits per heavy atom. The molecule has 4 rings (SSSR count). The second kappa shape index (κ2) is 8.55. The molecule has 1 atom stereocenters. The Kier molecular flexibility index (Phi) is 5.87. The van der Waals surface area contributed by atoms with Gasteiger partial charge >= 0.3 is 5.63 Å². The van der Waals surface area contributed by atoms with Gasteiger partial charge in [-0.15, -0.1) is 0 Å². The number of rotatable bonds is 5. The molecule has 0 saturated carbocycles. The molecule has 2 aromatic rings. The van der Waals surface area contributed by atoms with Gasteiger partial charge in [0.2, 0.25) is 5.91 Å². The smallest absolute Gasteiger partial charge is 0.339 e. The molecule has 0 aliphatic carbocycles. The lowest BCUT2D eigenvalue weighted by Crippen LogP contribution is -2.49. The number of aryl methyl sites for hydroxylation is 1. The highest BCUT2D eigenvalue weighted by molar-refractivity contribution is 5.83. The van der Waals surface area contributed by atoms with Crippen LogP contribution in [-0.2, 0) is 11.2 Å². The molecule has 0 radical (unpaired) electrons. The van der Waals surface area contributed by atoms with E-state index in [0.717, 1.165) is 56.6 Å². The molecule has 1 aromatic heterocycles. The molecule has 156 valence electrons. The Balaban J connectivity index is 1.41. The Bertz CT molecular complexity index is 949. The third kappa shape index (κ3) is 4.16. The van der Waals surface area contributed by atoms with Crippen LogP contribution in [0.25, 0.3) is 11.0 Å². The first-order chi connectivity index (χ1) is 14.1. The van der Waals surface area contributed by atoms with E-state index in [1.165, 1.54) is 0 Å². The van der Waals surface area contributed by atoms with E-state index < -0.39 is 0 Å². The number of nitrogens with zero attached hydrogens (tertiary/aromatic N) is 2. The van der Waals surface area contributed by atoms with Gasteiger partial charge in [-0.2, -0.15) is 0 Å². The van der Waals surface area contributed by atoms with E-state index in [1.54, 1.807) is 13.2 Å². The van der Waals surface area contributed by atoms with E-state index >= 15 is 0 Å². The van der Waals surface area contributed by atoms with Gasteiger partial charge < -0.3 is 19.4 Å². The summed E-state index contributed by atoms with van der Waals surface area (Å²) in [6.45, 7) is 7.66. The first-order valence-corrected chi connectivity index (χ1v) is 10.4. The van der Waals surface area contributed by atoms with Crippen LogP contribution in [0.1, 0.15) is 24.0 Å². The van der Waals surface area contributed by atoms with Gasteiger partial charge in [0.25, 0.3) is 0 Å². The van der Waals surface area contributed by atoms with Crippen molar-refractivity contribution < 1.29 is 13.9 Å². The molecule has 0 bridgehead atoms. The molecule has 2 aliphatic rings. The fourth-order valence-corrected chi connectivity index (χ4v) is 4.49. The number of likely N-dealkylation sites (tertiary alicyclic amines) is 1. The number of piperazine rings is 1. The van der Waals surface area contributed by atoms with E-state index in [4.69, 9.17) is 9.15 Å². The lowest BCUT2D eigenvalue weighted by Gasteiger charge is -2.32. The summed E-state index contributed by atoms with van der Waals surface area (Å²) >= 11 is 0. The van der Waals surface area contributed by atoms with E-state index in [0.29, 0.717) is 35.8 Å². The van der Waals surface area contributed by atoms with Gasteiger partial charge in [0, 0.05) is 68.7 Å². The van der Waals surface area contributed by atoms with Crippen molar-refractivity contribution in [3.63, 3.8) is 0 Å². The Morgan fingerprint density at radius 1 is 1.28 bits per heavy atom. The van der Waals surface area contributed by atoms with Crippen molar-refractivity contribution >= 4 is 16.9 Å². The summed E-state index contributed by atoms with van der Waals surface area (Å²) in [5, 5.41) is 4.25. The number of benzene rings is 1. The molecule has 0 spiro atoms. The molecule has 1 aromatic carbocycles. The standard InChI is InChI=1S/C22H29N3O4/c1-15-18-4-3-17(28-2)13-20(18)29-22(27)19(15)5-6-21(26)25-10-7-16(14-25)24-11-8-23-9-12-24/h3-4,13,16,23H,5-12,14H2,1-2H3. The molecule has 2 fully saturated rings.